The van der Waals surface area contributed by atoms with E-state index in [1.165, 1.54) is 0 Å². The summed E-state index contributed by atoms with van der Waals surface area (Å²) in [6, 6.07) is 0. The monoisotopic (exact) mass is 176 g/mol. The maximum Gasteiger partial charge on any atom is 2.00 e. The summed E-state index contributed by atoms with van der Waals surface area (Å²) in [6.07, 6.45) is 0. The number of nitrogens with zero attached hydrogens (tertiary/aromatic N) is 1. The molecule has 0 heterocycles. The Labute approximate surface area is 65.3 Å². The van der Waals surface area contributed by atoms with Crippen molar-refractivity contribution in [2.24, 2.45) is 0 Å². The van der Waals surface area contributed by atoms with E-state index in [9.17, 15) is 0 Å². The summed E-state index contributed by atoms with van der Waals surface area (Å²) in [7, 11) is 3.66. The molecule has 0 rings (SSSR count). The Morgan fingerprint density at radius 2 is 1.71 bits per heavy atom. The van der Waals surface area contributed by atoms with E-state index < -0.39 is 0 Å². The first kappa shape index (κ1) is 10.6. The Bertz CT molecular complexity index is 64.0. The van der Waals surface area contributed by atoms with Crippen LogP contribution in [0.15, 0.2) is 0 Å². The average molecular weight is 176 g/mol. The third kappa shape index (κ3) is 6.63. The normalized spacial score (nSPS) is 6.57. The molecule has 0 spiro atoms. The van der Waals surface area contributed by atoms with Crippen molar-refractivity contribution in [3.8, 4) is 0 Å². The summed E-state index contributed by atoms with van der Waals surface area (Å²) in [6.45, 7) is 0. The topological polar surface area (TPSA) is 3.24 Å². The van der Waals surface area contributed by atoms with Gasteiger partial charge in [-0.2, -0.15) is 0 Å². The van der Waals surface area contributed by atoms with Gasteiger partial charge in [-0.1, -0.05) is 4.32 Å². The summed E-state index contributed by atoms with van der Waals surface area (Å²) in [5.41, 5.74) is 0. The predicted octanol–water partition coefficient (Wildman–Crippen LogP) is 0.377. The molecular formula is C3H6FeNS2+. The van der Waals surface area contributed by atoms with E-state index in [0.29, 0.717) is 4.32 Å². The Hall–Kier alpha value is 0.629. The predicted molar refractivity (Wildman–Crippen MR) is 33.6 cm³/mol. The van der Waals surface area contributed by atoms with Gasteiger partial charge in [0.1, 0.15) is 0 Å². The maximum absolute atomic E-state index is 4.56. The van der Waals surface area contributed by atoms with Crippen LogP contribution in [0.4, 0.5) is 0 Å². The fourth-order valence-electron chi connectivity index (χ4n) is 0. The Morgan fingerprint density at radius 1 is 1.57 bits per heavy atom. The summed E-state index contributed by atoms with van der Waals surface area (Å²) < 4.78 is 0.509. The fourth-order valence-corrected chi connectivity index (χ4v) is 0. The van der Waals surface area contributed by atoms with Crippen molar-refractivity contribution in [3.63, 3.8) is 0 Å². The van der Waals surface area contributed by atoms with Crippen LogP contribution in [0.1, 0.15) is 0 Å². The Morgan fingerprint density at radius 3 is 1.71 bits per heavy atom. The van der Waals surface area contributed by atoms with Gasteiger partial charge in [-0.25, -0.2) is 0 Å². The third-order valence-electron chi connectivity index (χ3n) is 0.365. The standard InChI is InChI=1S/C3H7NS2.Fe/c1-4(2)3(5)6;/h1-2H3,(H,5,6);/q;+2/p-1. The van der Waals surface area contributed by atoms with E-state index in [1.54, 1.807) is 4.90 Å². The van der Waals surface area contributed by atoms with Gasteiger partial charge in [-0.05, 0) is 0 Å². The molecule has 0 bridgehead atoms. The van der Waals surface area contributed by atoms with Gasteiger partial charge in [0.05, 0.1) is 0 Å². The number of thiocarbonyl (C=S) groups is 1. The van der Waals surface area contributed by atoms with Crippen LogP contribution >= 0.6 is 12.2 Å². The van der Waals surface area contributed by atoms with Crippen LogP contribution in [0.5, 0.6) is 0 Å². The van der Waals surface area contributed by atoms with Crippen LogP contribution in [0.2, 0.25) is 0 Å². The molecule has 0 aliphatic rings. The second-order valence-corrected chi connectivity index (χ2v) is 2.19. The van der Waals surface area contributed by atoms with E-state index in [2.05, 4.69) is 24.8 Å². The van der Waals surface area contributed by atoms with Crippen LogP contribution in [0.25, 0.3) is 0 Å². The number of hydrogen-bond donors (Lipinski definition) is 0. The second-order valence-electron chi connectivity index (χ2n) is 1.16. The van der Waals surface area contributed by atoms with Crippen molar-refractivity contribution in [2.45, 2.75) is 0 Å². The SMILES string of the molecule is CN(C)C(=S)[S-].[Fe+2]. The summed E-state index contributed by atoms with van der Waals surface area (Å²) >= 11 is 9.12. The molecule has 0 radical (unpaired) electrons. The van der Waals surface area contributed by atoms with E-state index in [1.807, 2.05) is 14.1 Å². The maximum atomic E-state index is 4.56. The molecule has 4 heteroatoms. The largest absolute Gasteiger partial charge is 2.00 e. The molecule has 0 aliphatic heterocycles. The van der Waals surface area contributed by atoms with Crippen LogP contribution in [-0.2, 0) is 29.7 Å². The first-order valence-electron chi connectivity index (χ1n) is 1.53. The first-order valence-corrected chi connectivity index (χ1v) is 2.34. The second kappa shape index (κ2) is 4.78. The zero-order chi connectivity index (χ0) is 5.15. The van der Waals surface area contributed by atoms with Gasteiger partial charge in [0.25, 0.3) is 0 Å². The van der Waals surface area contributed by atoms with Gasteiger partial charge < -0.3 is 29.7 Å². The van der Waals surface area contributed by atoms with Crippen molar-refractivity contribution in [1.82, 2.24) is 4.90 Å². The molecule has 42 valence electrons. The van der Waals surface area contributed by atoms with E-state index in [0.717, 1.165) is 0 Å². The van der Waals surface area contributed by atoms with Gasteiger partial charge in [0.2, 0.25) is 0 Å². The van der Waals surface area contributed by atoms with Crippen molar-refractivity contribution in [2.75, 3.05) is 14.1 Å². The molecule has 7 heavy (non-hydrogen) atoms. The Balaban J connectivity index is 0. The summed E-state index contributed by atoms with van der Waals surface area (Å²) in [5, 5.41) is 0. The van der Waals surface area contributed by atoms with Crippen LogP contribution in [-0.4, -0.2) is 23.3 Å². The quantitative estimate of drug-likeness (QED) is 0.298. The minimum absolute atomic E-state index is 0. The van der Waals surface area contributed by atoms with Crippen LogP contribution in [0.3, 0.4) is 0 Å². The molecule has 0 aromatic carbocycles. The molecule has 1 nitrogen and oxygen atoms in total. The van der Waals surface area contributed by atoms with Gasteiger partial charge in [-0.3, -0.25) is 0 Å². The minimum Gasteiger partial charge on any atom is -0.411 e. The molecule has 0 aromatic heterocycles. The van der Waals surface area contributed by atoms with E-state index in [4.69, 9.17) is 0 Å². The molecule has 0 amide bonds. The zero-order valence-corrected chi connectivity index (χ0v) is 6.85. The molecule has 0 saturated carbocycles. The molecule has 0 saturated heterocycles. The minimum atomic E-state index is 0. The zero-order valence-electron chi connectivity index (χ0n) is 4.12. The van der Waals surface area contributed by atoms with Crippen molar-refractivity contribution in [3.05, 3.63) is 0 Å². The van der Waals surface area contributed by atoms with Gasteiger partial charge in [0.15, 0.2) is 0 Å². The van der Waals surface area contributed by atoms with Crippen molar-refractivity contribution in [1.29, 1.82) is 0 Å². The third-order valence-corrected chi connectivity index (χ3v) is 1.10. The van der Waals surface area contributed by atoms with Crippen LogP contribution in [0, 0.1) is 0 Å². The van der Waals surface area contributed by atoms with E-state index in [-0.39, 0.29) is 17.1 Å². The molecule has 0 atom stereocenters. The molecule has 0 aromatic rings. The summed E-state index contributed by atoms with van der Waals surface area (Å²) in [5.74, 6) is 0. The van der Waals surface area contributed by atoms with E-state index >= 15 is 0 Å². The van der Waals surface area contributed by atoms with Gasteiger partial charge >= 0.3 is 17.1 Å². The molecule has 0 aliphatic carbocycles. The van der Waals surface area contributed by atoms with Crippen LogP contribution < -0.4 is 0 Å². The average Bonchev–Trinajstić information content (AvgIpc) is 1.36. The first-order chi connectivity index (χ1) is 2.64. The fraction of sp³-hybridized carbons (Fsp3) is 0.667. The smallest absolute Gasteiger partial charge is 0.411 e. The Kier molecular flexibility index (Phi) is 7.23. The number of hydrogen-bond acceptors (Lipinski definition) is 2. The summed E-state index contributed by atoms with van der Waals surface area (Å²) in [4.78, 5) is 1.71. The molecule has 0 fully saturated rings. The van der Waals surface area contributed by atoms with Gasteiger partial charge in [0, 0.05) is 14.1 Å². The van der Waals surface area contributed by atoms with Gasteiger partial charge in [-0.15, -0.1) is 0 Å². The number of rotatable bonds is 0. The van der Waals surface area contributed by atoms with Crippen molar-refractivity contribution < 1.29 is 17.1 Å². The molecule has 0 N–H and O–H groups in total. The van der Waals surface area contributed by atoms with Crippen molar-refractivity contribution >= 4 is 29.2 Å². The molecule has 0 unspecified atom stereocenters. The molecular weight excluding hydrogens is 170 g/mol.